The van der Waals surface area contributed by atoms with E-state index < -0.39 is 0 Å². The van der Waals surface area contributed by atoms with E-state index in [1.807, 2.05) is 6.07 Å². The Morgan fingerprint density at radius 1 is 1.32 bits per heavy atom. The van der Waals surface area contributed by atoms with Gasteiger partial charge in [0, 0.05) is 19.1 Å². The Hall–Kier alpha value is -0.490. The van der Waals surface area contributed by atoms with Crippen molar-refractivity contribution in [1.29, 1.82) is 0 Å². The van der Waals surface area contributed by atoms with Crippen LogP contribution in [0.4, 0.5) is 0 Å². The first kappa shape index (κ1) is 16.4. The van der Waals surface area contributed by atoms with E-state index in [1.165, 1.54) is 31.4 Å². The molecule has 0 spiro atoms. The zero-order valence-corrected chi connectivity index (χ0v) is 16.1. The van der Waals surface area contributed by atoms with Gasteiger partial charge in [-0.1, -0.05) is 20.8 Å². The van der Waals surface area contributed by atoms with Gasteiger partial charge >= 0.3 is 0 Å². The number of ether oxygens (including phenoxy) is 1. The Labute approximate surface area is 147 Å². The molecule has 1 N–H and O–H groups in total. The quantitative estimate of drug-likeness (QED) is 0.743. The average Bonchev–Trinajstić information content (AvgIpc) is 2.62. The molecule has 22 heavy (non-hydrogen) atoms. The summed E-state index contributed by atoms with van der Waals surface area (Å²) in [5.74, 6) is 0.829. The molecule has 1 aromatic rings. The summed E-state index contributed by atoms with van der Waals surface area (Å²) < 4.78 is 6.16. The van der Waals surface area contributed by atoms with Crippen molar-refractivity contribution < 1.29 is 9.84 Å². The van der Waals surface area contributed by atoms with E-state index in [4.69, 9.17) is 4.74 Å². The van der Waals surface area contributed by atoms with Crippen molar-refractivity contribution in [3.05, 3.63) is 21.3 Å². The molecule has 0 amide bonds. The van der Waals surface area contributed by atoms with Crippen molar-refractivity contribution in [3.8, 4) is 11.5 Å². The standard InChI is InChI=1S/C18H26INO2/c1-17(2)7-13-8-18(3,10-17)11-20(13)9-12-5-14(19)16(21)15(6-12)22-4/h5-6,13,21H,7-11H2,1-4H3/t13-,18-/m1/s1. The third-order valence-corrected chi connectivity index (χ3v) is 6.04. The van der Waals surface area contributed by atoms with Crippen LogP contribution in [0.15, 0.2) is 12.1 Å². The topological polar surface area (TPSA) is 32.7 Å². The first-order chi connectivity index (χ1) is 10.2. The van der Waals surface area contributed by atoms with Gasteiger partial charge in [0.2, 0.25) is 0 Å². The molecule has 2 fully saturated rings. The molecule has 3 nitrogen and oxygen atoms in total. The van der Waals surface area contributed by atoms with Crippen LogP contribution in [0.2, 0.25) is 0 Å². The van der Waals surface area contributed by atoms with Crippen LogP contribution < -0.4 is 4.74 Å². The number of methoxy groups -OCH3 is 1. The highest BCUT2D eigenvalue weighted by Crippen LogP contribution is 2.52. The number of halogens is 1. The zero-order valence-electron chi connectivity index (χ0n) is 13.9. The predicted octanol–water partition coefficient (Wildman–Crippen LogP) is 4.41. The fourth-order valence-electron chi connectivity index (χ4n) is 4.87. The normalized spacial score (nSPS) is 30.5. The molecule has 2 atom stereocenters. The molecular weight excluding hydrogens is 389 g/mol. The summed E-state index contributed by atoms with van der Waals surface area (Å²) in [6, 6.07) is 4.74. The number of benzene rings is 1. The molecule has 1 saturated carbocycles. The Morgan fingerprint density at radius 3 is 2.73 bits per heavy atom. The Kier molecular flexibility index (Phi) is 4.13. The Morgan fingerprint density at radius 2 is 2.05 bits per heavy atom. The zero-order chi connectivity index (χ0) is 16.1. The third kappa shape index (κ3) is 3.09. The highest BCUT2D eigenvalue weighted by molar-refractivity contribution is 14.1. The smallest absolute Gasteiger partial charge is 0.171 e. The minimum atomic E-state index is 0.250. The van der Waals surface area contributed by atoms with Gasteiger partial charge in [0.05, 0.1) is 10.7 Å². The molecule has 3 rings (SSSR count). The molecular formula is C18H26INO2. The molecule has 0 unspecified atom stereocenters. The number of hydrogen-bond acceptors (Lipinski definition) is 3. The summed E-state index contributed by atoms with van der Waals surface area (Å²) in [5, 5.41) is 10.00. The summed E-state index contributed by atoms with van der Waals surface area (Å²) in [4.78, 5) is 2.64. The van der Waals surface area contributed by atoms with Crippen molar-refractivity contribution >= 4 is 22.6 Å². The second-order valence-corrected chi connectivity index (χ2v) is 9.41. The molecule has 1 aliphatic heterocycles. The van der Waals surface area contributed by atoms with E-state index >= 15 is 0 Å². The SMILES string of the molecule is COc1cc(CN2C[C@]3(C)C[C@H]2CC(C)(C)C3)cc(I)c1O. The molecule has 1 aromatic carbocycles. The van der Waals surface area contributed by atoms with Gasteiger partial charge < -0.3 is 9.84 Å². The monoisotopic (exact) mass is 415 g/mol. The van der Waals surface area contributed by atoms with Gasteiger partial charge in [-0.25, -0.2) is 0 Å². The van der Waals surface area contributed by atoms with Crippen molar-refractivity contribution in [2.45, 2.75) is 52.6 Å². The lowest BCUT2D eigenvalue weighted by Gasteiger charge is -2.40. The highest BCUT2D eigenvalue weighted by Gasteiger charge is 2.49. The molecule has 122 valence electrons. The second-order valence-electron chi connectivity index (χ2n) is 8.25. The van der Waals surface area contributed by atoms with E-state index in [2.05, 4.69) is 54.3 Å². The number of phenols is 1. The Bertz CT molecular complexity index is 587. The minimum Gasteiger partial charge on any atom is -0.504 e. The number of phenolic OH excluding ortho intramolecular Hbond substituents is 1. The van der Waals surface area contributed by atoms with Crippen LogP contribution in [0.25, 0.3) is 0 Å². The lowest BCUT2D eigenvalue weighted by atomic mass is 9.65. The molecule has 2 aliphatic rings. The molecule has 2 bridgehead atoms. The molecule has 1 aliphatic carbocycles. The van der Waals surface area contributed by atoms with Crippen molar-refractivity contribution in [1.82, 2.24) is 4.90 Å². The van der Waals surface area contributed by atoms with Crippen LogP contribution in [0.3, 0.4) is 0 Å². The lowest BCUT2D eigenvalue weighted by Crippen LogP contribution is -2.34. The summed E-state index contributed by atoms with van der Waals surface area (Å²) in [5.41, 5.74) is 2.14. The van der Waals surface area contributed by atoms with Gasteiger partial charge in [-0.2, -0.15) is 0 Å². The first-order valence-corrected chi connectivity index (χ1v) is 9.09. The summed E-state index contributed by atoms with van der Waals surface area (Å²) in [7, 11) is 1.61. The van der Waals surface area contributed by atoms with Gasteiger partial charge in [-0.05, 0) is 70.4 Å². The van der Waals surface area contributed by atoms with E-state index in [0.717, 1.165) is 10.1 Å². The van der Waals surface area contributed by atoms with E-state index in [9.17, 15) is 5.11 Å². The van der Waals surface area contributed by atoms with Gasteiger partial charge in [0.1, 0.15) is 0 Å². The van der Waals surface area contributed by atoms with Crippen LogP contribution in [-0.2, 0) is 6.54 Å². The molecule has 1 saturated heterocycles. The average molecular weight is 415 g/mol. The van der Waals surface area contributed by atoms with Gasteiger partial charge in [-0.15, -0.1) is 0 Å². The van der Waals surface area contributed by atoms with E-state index in [1.54, 1.807) is 7.11 Å². The van der Waals surface area contributed by atoms with E-state index in [0.29, 0.717) is 22.6 Å². The number of nitrogens with zero attached hydrogens (tertiary/aromatic N) is 1. The van der Waals surface area contributed by atoms with Crippen LogP contribution >= 0.6 is 22.6 Å². The third-order valence-electron chi connectivity index (χ3n) is 5.22. The number of fused-ring (bicyclic) bond motifs is 2. The van der Waals surface area contributed by atoms with Crippen molar-refractivity contribution in [3.63, 3.8) is 0 Å². The van der Waals surface area contributed by atoms with Crippen LogP contribution in [-0.4, -0.2) is 29.7 Å². The van der Waals surface area contributed by atoms with Gasteiger partial charge in [0.15, 0.2) is 11.5 Å². The van der Waals surface area contributed by atoms with Crippen LogP contribution in [0, 0.1) is 14.4 Å². The fraction of sp³-hybridized carbons (Fsp3) is 0.667. The number of hydrogen-bond donors (Lipinski definition) is 1. The first-order valence-electron chi connectivity index (χ1n) is 8.01. The van der Waals surface area contributed by atoms with Gasteiger partial charge in [0.25, 0.3) is 0 Å². The Balaban J connectivity index is 1.81. The number of likely N-dealkylation sites (tertiary alicyclic amines) is 1. The molecule has 4 heteroatoms. The minimum absolute atomic E-state index is 0.250. The maximum Gasteiger partial charge on any atom is 0.171 e. The van der Waals surface area contributed by atoms with Crippen molar-refractivity contribution in [2.24, 2.45) is 10.8 Å². The highest BCUT2D eigenvalue weighted by atomic mass is 127. The van der Waals surface area contributed by atoms with Crippen molar-refractivity contribution in [2.75, 3.05) is 13.7 Å². The largest absolute Gasteiger partial charge is 0.504 e. The fourth-order valence-corrected chi connectivity index (χ4v) is 5.54. The summed E-state index contributed by atoms with van der Waals surface area (Å²) in [6.07, 6.45) is 3.93. The lowest BCUT2D eigenvalue weighted by molar-refractivity contribution is 0.126. The number of rotatable bonds is 3. The summed E-state index contributed by atoms with van der Waals surface area (Å²) >= 11 is 2.18. The predicted molar refractivity (Wildman–Crippen MR) is 97.3 cm³/mol. The maximum absolute atomic E-state index is 10.00. The van der Waals surface area contributed by atoms with Crippen LogP contribution in [0.5, 0.6) is 11.5 Å². The molecule has 0 radical (unpaired) electrons. The summed E-state index contributed by atoms with van der Waals surface area (Å²) in [6.45, 7) is 9.40. The van der Waals surface area contributed by atoms with Gasteiger partial charge in [-0.3, -0.25) is 4.90 Å². The van der Waals surface area contributed by atoms with Crippen LogP contribution in [0.1, 0.15) is 45.6 Å². The molecule has 0 aromatic heterocycles. The number of aromatic hydroxyl groups is 1. The maximum atomic E-state index is 10.00. The van der Waals surface area contributed by atoms with E-state index in [-0.39, 0.29) is 5.75 Å². The second kappa shape index (κ2) is 5.55. The molecule has 1 heterocycles.